The van der Waals surface area contributed by atoms with Gasteiger partial charge < -0.3 is 56.2 Å². The van der Waals surface area contributed by atoms with Crippen LogP contribution in [0.2, 0.25) is 0 Å². The average Bonchev–Trinajstić information content (AvgIpc) is 1.28. The summed E-state index contributed by atoms with van der Waals surface area (Å²) >= 11 is 2.63. The molecule has 1 aromatic heterocycles. The van der Waals surface area contributed by atoms with Crippen LogP contribution in [0.1, 0.15) is 66.4 Å². The Bertz CT molecular complexity index is 2980. The number of benzene rings is 2. The van der Waals surface area contributed by atoms with Gasteiger partial charge in [-0.3, -0.25) is 67.7 Å². The monoisotopic (exact) mass is 1320 g/mol. The third kappa shape index (κ3) is 26.0. The van der Waals surface area contributed by atoms with Crippen LogP contribution in [0.25, 0.3) is 10.9 Å². The number of nitriles is 1. The maximum atomic E-state index is 13.9. The van der Waals surface area contributed by atoms with Crippen molar-refractivity contribution < 1.29 is 77.1 Å². The first-order valence-corrected chi connectivity index (χ1v) is 33.3. The SMILES string of the molecule is Cc1ccc(CCCC(=O)NCCSCC(NC(=O)CN2CCN(CC(=O)O)CCN(CC(=O)O)CCN(CC(=O)O)CC2)C(=O)NCCSC[C@@H](O)C(=O)N2CCC(CCCOc3ccc4nccc(C(=O)NCC(=O)N5CC(F)(F)C[C@@H]5C#N)c4c3)CC2)cc1. The van der Waals surface area contributed by atoms with E-state index in [1.807, 2.05) is 31.2 Å². The standard InChI is InChI=1S/C62H86F2N12O14S2/c1-43-7-9-44(10-8-43)4-2-6-53(78)67-17-30-91-40-51(70-54(79)36-71-21-23-72(37-56(81)82)25-27-74(39-58(85)86)28-26-73(24-22-71)38-57(83)84)60(88)68-18-31-92-41-52(77)61(89)75-19-14-45(15-20-75)5-3-29-90-47-11-12-50-49(32-47)48(13-16-66-50)59(87)69-35-55(80)76-42-62(63,64)33-46(76)34-65/h7-13,16,32,45-46,51-52,77H,2-6,14-15,17-31,33,35-42H2,1H3,(H,67,78)(H,68,88)(H,69,87)(H,70,79)(H,81,82)(H,83,84)(H,85,86)/t46-,51?,52-/m1/s1. The molecule has 0 bridgehead atoms. The van der Waals surface area contributed by atoms with Crippen molar-refractivity contribution in [2.45, 2.75) is 82.4 Å². The van der Waals surface area contributed by atoms with Crippen molar-refractivity contribution >= 4 is 87.8 Å². The summed E-state index contributed by atoms with van der Waals surface area (Å²) < 4.78 is 33.9. The van der Waals surface area contributed by atoms with Crippen molar-refractivity contribution in [2.24, 2.45) is 5.92 Å². The molecule has 0 radical (unpaired) electrons. The summed E-state index contributed by atoms with van der Waals surface area (Å²) in [4.78, 5) is 128. The van der Waals surface area contributed by atoms with Crippen molar-refractivity contribution in [2.75, 3.05) is 147 Å². The summed E-state index contributed by atoms with van der Waals surface area (Å²) in [6.07, 6.45) is 4.13. The Morgan fingerprint density at radius 3 is 1.92 bits per heavy atom. The van der Waals surface area contributed by atoms with Crippen LogP contribution in [0.4, 0.5) is 8.78 Å². The Hall–Kier alpha value is -7.27. The number of carbonyl (C=O) groups is 9. The first kappa shape index (κ1) is 73.8. The molecule has 1 unspecified atom stereocenters. The number of nitrogens with one attached hydrogen (secondary N) is 4. The largest absolute Gasteiger partial charge is 0.494 e. The number of hydrogen-bond donors (Lipinski definition) is 8. The number of thioether (sulfide) groups is 2. The van der Waals surface area contributed by atoms with Crippen LogP contribution >= 0.6 is 23.5 Å². The maximum Gasteiger partial charge on any atom is 0.317 e. The second-order valence-corrected chi connectivity index (χ2v) is 25.6. The van der Waals surface area contributed by atoms with Crippen molar-refractivity contribution in [1.29, 1.82) is 5.26 Å². The number of ether oxygens (including phenoxy) is 1. The molecule has 30 heteroatoms. The van der Waals surface area contributed by atoms with E-state index in [1.54, 1.807) is 48.8 Å². The lowest BCUT2D eigenvalue weighted by molar-refractivity contribution is -0.140. The zero-order valence-electron chi connectivity index (χ0n) is 51.9. The van der Waals surface area contributed by atoms with E-state index >= 15 is 0 Å². The van der Waals surface area contributed by atoms with E-state index in [-0.39, 0.29) is 114 Å². The van der Waals surface area contributed by atoms with Crippen molar-refractivity contribution in [1.82, 2.24) is 55.7 Å². The van der Waals surface area contributed by atoms with Crippen LogP contribution in [0, 0.1) is 24.2 Å². The number of aliphatic hydroxyl groups excluding tert-OH is 1. The predicted molar refractivity (Wildman–Crippen MR) is 340 cm³/mol. The molecule has 0 spiro atoms. The highest BCUT2D eigenvalue weighted by Gasteiger charge is 2.47. The number of rotatable bonds is 33. The molecule has 3 atom stereocenters. The Labute approximate surface area is 542 Å². The van der Waals surface area contributed by atoms with Gasteiger partial charge in [-0.25, -0.2) is 8.78 Å². The molecule has 3 aliphatic rings. The Morgan fingerprint density at radius 1 is 0.739 bits per heavy atom. The summed E-state index contributed by atoms with van der Waals surface area (Å²) in [5.41, 5.74) is 2.99. The van der Waals surface area contributed by atoms with E-state index in [1.165, 1.54) is 35.8 Å². The van der Waals surface area contributed by atoms with Gasteiger partial charge in [0.15, 0.2) is 0 Å². The third-order valence-electron chi connectivity index (χ3n) is 16.0. The number of hydrogen-bond acceptors (Lipinski definition) is 19. The van der Waals surface area contributed by atoms with Crippen LogP contribution in [0.5, 0.6) is 5.75 Å². The lowest BCUT2D eigenvalue weighted by Gasteiger charge is -2.33. The van der Waals surface area contributed by atoms with E-state index in [0.29, 0.717) is 79.6 Å². The van der Waals surface area contributed by atoms with Gasteiger partial charge in [-0.1, -0.05) is 29.8 Å². The van der Waals surface area contributed by atoms with Gasteiger partial charge >= 0.3 is 17.9 Å². The Morgan fingerprint density at radius 2 is 1.33 bits per heavy atom. The summed E-state index contributed by atoms with van der Waals surface area (Å²) in [5, 5.41) is 60.6. The number of carboxylic acid groups (broad SMARTS) is 3. The normalized spacial score (nSPS) is 17.9. The molecule has 3 saturated heterocycles. The van der Waals surface area contributed by atoms with E-state index in [4.69, 9.17) is 4.74 Å². The highest BCUT2D eigenvalue weighted by atomic mass is 32.2. The molecular formula is C62H86F2N12O14S2. The molecule has 3 aliphatic heterocycles. The topological polar surface area (TPSA) is 348 Å². The minimum absolute atomic E-state index is 0.0762. The number of alkyl halides is 2. The van der Waals surface area contributed by atoms with Gasteiger partial charge in [0.05, 0.1) is 63.0 Å². The number of amides is 6. The number of carboxylic acids is 3. The minimum Gasteiger partial charge on any atom is -0.494 e. The molecule has 3 fully saturated rings. The minimum atomic E-state index is -3.19. The average molecular weight is 1330 g/mol. The highest BCUT2D eigenvalue weighted by molar-refractivity contribution is 7.99. The fourth-order valence-corrected chi connectivity index (χ4v) is 12.6. The lowest BCUT2D eigenvalue weighted by Crippen LogP contribution is -2.53. The smallest absolute Gasteiger partial charge is 0.317 e. The van der Waals surface area contributed by atoms with Crippen LogP contribution in [-0.4, -0.2) is 280 Å². The van der Waals surface area contributed by atoms with Crippen LogP contribution in [0.15, 0.2) is 54.7 Å². The fourth-order valence-electron chi connectivity index (χ4n) is 11.0. The number of fused-ring (bicyclic) bond motifs is 1. The predicted octanol–water partition coefficient (Wildman–Crippen LogP) is 1.47. The molecule has 4 heterocycles. The van der Waals surface area contributed by atoms with Crippen molar-refractivity contribution in [3.63, 3.8) is 0 Å². The number of piperidine rings is 1. The number of nitrogens with zero attached hydrogens (tertiary/aromatic N) is 8. The fraction of sp³-hybridized carbons (Fsp3) is 0.597. The molecule has 3 aromatic rings. The molecule has 8 N–H and O–H groups in total. The first-order chi connectivity index (χ1) is 44.0. The number of halogens is 2. The van der Waals surface area contributed by atoms with Gasteiger partial charge in [-0.15, -0.1) is 0 Å². The van der Waals surface area contributed by atoms with Crippen LogP contribution in [-0.2, 0) is 44.8 Å². The number of pyridine rings is 1. The molecule has 6 rings (SSSR count). The number of likely N-dealkylation sites (tertiary alicyclic amines) is 2. The zero-order valence-corrected chi connectivity index (χ0v) is 53.6. The second-order valence-electron chi connectivity index (χ2n) is 23.3. The maximum absolute atomic E-state index is 13.9. The van der Waals surface area contributed by atoms with Crippen LogP contribution in [0.3, 0.4) is 0 Å². The van der Waals surface area contributed by atoms with Gasteiger partial charge in [-0.05, 0) is 81.2 Å². The van der Waals surface area contributed by atoms with Gasteiger partial charge in [0.1, 0.15) is 23.9 Å². The molecule has 92 heavy (non-hydrogen) atoms. The quantitative estimate of drug-likeness (QED) is 0.0400. The highest BCUT2D eigenvalue weighted by Crippen LogP contribution is 2.32. The summed E-state index contributed by atoms with van der Waals surface area (Å²) in [5.74, 6) is -7.58. The number of aromatic nitrogens is 1. The molecule has 0 saturated carbocycles. The van der Waals surface area contributed by atoms with Gasteiger partial charge in [-0.2, -0.15) is 28.8 Å². The molecule has 26 nitrogen and oxygen atoms in total. The molecular weight excluding hydrogens is 1240 g/mol. The Balaban J connectivity index is 0.934. The Kier molecular flexibility index (Phi) is 30.5. The van der Waals surface area contributed by atoms with Crippen molar-refractivity contribution in [3.8, 4) is 11.8 Å². The third-order valence-corrected chi connectivity index (χ3v) is 18.1. The molecule has 0 aliphatic carbocycles. The summed E-state index contributed by atoms with van der Waals surface area (Å²) in [6, 6.07) is 14.1. The van der Waals surface area contributed by atoms with E-state index in [0.717, 1.165) is 41.7 Å². The summed E-state index contributed by atoms with van der Waals surface area (Å²) in [7, 11) is 0. The molecule has 6 amide bonds. The number of carbonyl (C=O) groups excluding carboxylic acids is 6. The zero-order chi connectivity index (χ0) is 66.6. The number of aryl methyl sites for hydroxylation is 2. The number of aliphatic carboxylic acids is 3. The van der Waals surface area contributed by atoms with Gasteiger partial charge in [0.2, 0.25) is 23.6 Å². The first-order valence-electron chi connectivity index (χ1n) is 31.0. The number of aliphatic hydroxyl groups is 1. The molecule has 2 aromatic carbocycles. The van der Waals surface area contributed by atoms with E-state index in [2.05, 4.69) is 26.3 Å². The lowest BCUT2D eigenvalue weighted by atomic mass is 9.92. The van der Waals surface area contributed by atoms with Gasteiger partial charge in [0.25, 0.3) is 17.7 Å². The summed E-state index contributed by atoms with van der Waals surface area (Å²) in [6.45, 7) is 2.69. The van der Waals surface area contributed by atoms with Gasteiger partial charge in [0, 0.05) is 126 Å². The van der Waals surface area contributed by atoms with E-state index in [9.17, 15) is 77.6 Å². The van der Waals surface area contributed by atoms with Crippen LogP contribution < -0.4 is 26.0 Å². The van der Waals surface area contributed by atoms with E-state index < -0.39 is 85.2 Å². The van der Waals surface area contributed by atoms with Crippen molar-refractivity contribution in [3.05, 3.63) is 71.4 Å². The second kappa shape index (κ2) is 38.0. The molecule has 504 valence electrons.